The van der Waals surface area contributed by atoms with Crippen LogP contribution >= 0.6 is 35.3 Å². The van der Waals surface area contributed by atoms with Crippen LogP contribution in [0.2, 0.25) is 0 Å². The summed E-state index contributed by atoms with van der Waals surface area (Å²) in [6.07, 6.45) is 2.51. The predicted molar refractivity (Wildman–Crippen MR) is 149 cm³/mol. The van der Waals surface area contributed by atoms with Crippen molar-refractivity contribution in [3.8, 4) is 0 Å². The average Bonchev–Trinajstić information content (AvgIpc) is 3.32. The van der Waals surface area contributed by atoms with E-state index in [2.05, 4.69) is 88.1 Å². The molecule has 2 atom stereocenters. The Morgan fingerprint density at radius 3 is 2.53 bits per heavy atom. The number of hydrogen-bond donors (Lipinski definition) is 2. The number of rotatable bonds is 9. The molecule has 7 heteroatoms. The van der Waals surface area contributed by atoms with E-state index in [4.69, 9.17) is 0 Å². The zero-order valence-corrected chi connectivity index (χ0v) is 23.2. The molecular weight excluding hydrogens is 529 g/mol. The number of nitrogens with one attached hydrogen (secondary N) is 2. The Balaban J connectivity index is 0.00000363. The van der Waals surface area contributed by atoms with Gasteiger partial charge in [0, 0.05) is 37.6 Å². The number of benzene rings is 1. The third-order valence-corrected chi connectivity index (χ3v) is 7.39. The second-order valence-electron chi connectivity index (χ2n) is 8.38. The summed E-state index contributed by atoms with van der Waals surface area (Å²) in [7, 11) is 4.12. The van der Waals surface area contributed by atoms with Crippen molar-refractivity contribution in [3.05, 3.63) is 57.8 Å². The molecule has 2 aromatic rings. The molecule has 3 rings (SSSR count). The number of likely N-dealkylation sites (tertiary alicyclic amines) is 1. The minimum absolute atomic E-state index is 0. The minimum atomic E-state index is 0. The zero-order valence-electron chi connectivity index (χ0n) is 20.0. The summed E-state index contributed by atoms with van der Waals surface area (Å²) in [5.74, 6) is 1.47. The Bertz CT molecular complexity index is 806. The van der Waals surface area contributed by atoms with Crippen molar-refractivity contribution >= 4 is 41.3 Å². The van der Waals surface area contributed by atoms with Crippen molar-refractivity contribution in [1.82, 2.24) is 20.4 Å². The molecule has 1 aromatic heterocycles. The third-order valence-electron chi connectivity index (χ3n) is 6.45. The standard InChI is InChI=1S/C25H39N5S.HI/c1-5-30(6-2)19-22-12-8-7-11-20(22)17-27-25(26-3)28-18-21-13-9-15-29(4)24(21)23-14-10-16-31-23;/h7-8,10-12,14,16,21,24H,5-6,9,13,15,17-19H2,1-4H3,(H2,26,27,28);1H. The number of thiophene rings is 1. The summed E-state index contributed by atoms with van der Waals surface area (Å²) in [6, 6.07) is 13.7. The van der Waals surface area contributed by atoms with Gasteiger partial charge in [-0.15, -0.1) is 35.3 Å². The quantitative estimate of drug-likeness (QED) is 0.255. The normalized spacial score (nSPS) is 19.6. The molecule has 5 nitrogen and oxygen atoms in total. The highest BCUT2D eigenvalue weighted by molar-refractivity contribution is 14.0. The van der Waals surface area contributed by atoms with E-state index in [9.17, 15) is 0 Å². The number of hydrogen-bond acceptors (Lipinski definition) is 4. The highest BCUT2D eigenvalue weighted by Crippen LogP contribution is 2.36. The lowest BCUT2D eigenvalue weighted by Crippen LogP contribution is -2.44. The monoisotopic (exact) mass is 569 g/mol. The fourth-order valence-corrected chi connectivity index (χ4v) is 5.57. The van der Waals surface area contributed by atoms with Crippen molar-refractivity contribution in [2.75, 3.05) is 40.3 Å². The fourth-order valence-electron chi connectivity index (χ4n) is 4.58. The molecule has 0 amide bonds. The van der Waals surface area contributed by atoms with Gasteiger partial charge in [-0.3, -0.25) is 14.8 Å². The molecule has 2 N–H and O–H groups in total. The van der Waals surface area contributed by atoms with Crippen molar-refractivity contribution in [2.24, 2.45) is 10.9 Å². The molecule has 1 fully saturated rings. The largest absolute Gasteiger partial charge is 0.356 e. The third kappa shape index (κ3) is 7.43. The Labute approximate surface area is 215 Å². The molecule has 2 unspecified atom stereocenters. The van der Waals surface area contributed by atoms with E-state index >= 15 is 0 Å². The van der Waals surface area contributed by atoms with E-state index in [1.54, 1.807) is 0 Å². The van der Waals surface area contributed by atoms with E-state index < -0.39 is 0 Å². The maximum Gasteiger partial charge on any atom is 0.191 e. The number of guanidine groups is 1. The first kappa shape index (κ1) is 27.1. The van der Waals surface area contributed by atoms with Crippen molar-refractivity contribution in [1.29, 1.82) is 0 Å². The summed E-state index contributed by atoms with van der Waals surface area (Å²) >= 11 is 1.88. The Kier molecular flexibility index (Phi) is 12.0. The van der Waals surface area contributed by atoms with Crippen LogP contribution in [-0.2, 0) is 13.1 Å². The number of piperidine rings is 1. The van der Waals surface area contributed by atoms with E-state index in [1.165, 1.54) is 35.4 Å². The molecule has 0 radical (unpaired) electrons. The Hall–Kier alpha value is -1.16. The summed E-state index contributed by atoms with van der Waals surface area (Å²) in [5.41, 5.74) is 2.73. The fraction of sp³-hybridized carbons (Fsp3) is 0.560. The molecule has 178 valence electrons. The molecule has 1 aromatic carbocycles. The molecule has 0 saturated carbocycles. The van der Waals surface area contributed by atoms with E-state index in [0.717, 1.165) is 38.7 Å². The molecular formula is C25H40IN5S. The van der Waals surface area contributed by atoms with Gasteiger partial charge >= 0.3 is 0 Å². The maximum absolute atomic E-state index is 4.49. The van der Waals surface area contributed by atoms with Crippen LogP contribution in [0.4, 0.5) is 0 Å². The van der Waals surface area contributed by atoms with Crippen molar-refractivity contribution in [3.63, 3.8) is 0 Å². The molecule has 0 aliphatic carbocycles. The lowest BCUT2D eigenvalue weighted by atomic mass is 9.88. The van der Waals surface area contributed by atoms with Crippen LogP contribution in [0.1, 0.15) is 48.7 Å². The average molecular weight is 570 g/mol. The van der Waals surface area contributed by atoms with Gasteiger partial charge in [0.1, 0.15) is 0 Å². The zero-order chi connectivity index (χ0) is 22.1. The van der Waals surface area contributed by atoms with Gasteiger partial charge in [0.05, 0.1) is 0 Å². The lowest BCUT2D eigenvalue weighted by molar-refractivity contribution is 0.125. The van der Waals surface area contributed by atoms with E-state index in [-0.39, 0.29) is 24.0 Å². The van der Waals surface area contributed by atoms with Crippen LogP contribution in [0.5, 0.6) is 0 Å². The lowest BCUT2D eigenvalue weighted by Gasteiger charge is -2.39. The Morgan fingerprint density at radius 2 is 1.88 bits per heavy atom. The minimum Gasteiger partial charge on any atom is -0.356 e. The highest BCUT2D eigenvalue weighted by atomic mass is 127. The second kappa shape index (κ2) is 14.2. The molecule has 0 bridgehead atoms. The van der Waals surface area contributed by atoms with Crippen LogP contribution in [0, 0.1) is 5.92 Å². The van der Waals surface area contributed by atoms with Gasteiger partial charge in [-0.05, 0) is 68.0 Å². The SMILES string of the molecule is CCN(CC)Cc1ccccc1CNC(=NC)NCC1CCCN(C)C1c1cccs1.I. The number of halogens is 1. The molecule has 2 heterocycles. The van der Waals surface area contributed by atoms with Gasteiger partial charge < -0.3 is 10.6 Å². The van der Waals surface area contributed by atoms with Crippen LogP contribution in [-0.4, -0.2) is 56.0 Å². The smallest absolute Gasteiger partial charge is 0.191 e. The number of nitrogens with zero attached hydrogens (tertiary/aromatic N) is 3. The topological polar surface area (TPSA) is 42.9 Å². The Morgan fingerprint density at radius 1 is 1.12 bits per heavy atom. The summed E-state index contributed by atoms with van der Waals surface area (Å²) in [5, 5.41) is 9.35. The van der Waals surface area contributed by atoms with Crippen LogP contribution in [0.3, 0.4) is 0 Å². The van der Waals surface area contributed by atoms with Gasteiger partial charge in [0.15, 0.2) is 5.96 Å². The van der Waals surface area contributed by atoms with Gasteiger partial charge in [-0.2, -0.15) is 0 Å². The van der Waals surface area contributed by atoms with Gasteiger partial charge in [0.2, 0.25) is 0 Å². The molecule has 32 heavy (non-hydrogen) atoms. The van der Waals surface area contributed by atoms with Gasteiger partial charge in [0.25, 0.3) is 0 Å². The first-order valence-corrected chi connectivity index (χ1v) is 12.5. The number of aliphatic imine (C=N–C) groups is 1. The van der Waals surface area contributed by atoms with Crippen molar-refractivity contribution < 1.29 is 0 Å². The van der Waals surface area contributed by atoms with Crippen molar-refractivity contribution in [2.45, 2.75) is 45.8 Å². The highest BCUT2D eigenvalue weighted by Gasteiger charge is 2.31. The van der Waals surface area contributed by atoms with E-state index in [0.29, 0.717) is 12.0 Å². The first-order valence-electron chi connectivity index (χ1n) is 11.6. The van der Waals surface area contributed by atoms with Crippen LogP contribution in [0.25, 0.3) is 0 Å². The first-order chi connectivity index (χ1) is 15.2. The molecule has 1 aliphatic heterocycles. The maximum atomic E-state index is 4.49. The summed E-state index contributed by atoms with van der Waals surface area (Å²) in [6.45, 7) is 10.5. The molecule has 0 spiro atoms. The van der Waals surface area contributed by atoms with Gasteiger partial charge in [-0.1, -0.05) is 44.2 Å². The van der Waals surface area contributed by atoms with E-state index in [1.807, 2.05) is 18.4 Å². The van der Waals surface area contributed by atoms with Gasteiger partial charge in [-0.25, -0.2) is 0 Å². The summed E-state index contributed by atoms with van der Waals surface area (Å²) < 4.78 is 0. The van der Waals surface area contributed by atoms with Crippen LogP contribution < -0.4 is 10.6 Å². The van der Waals surface area contributed by atoms with Crippen LogP contribution in [0.15, 0.2) is 46.8 Å². The summed E-state index contributed by atoms with van der Waals surface area (Å²) in [4.78, 5) is 10.9. The second-order valence-corrected chi connectivity index (χ2v) is 9.36. The molecule has 1 saturated heterocycles. The predicted octanol–water partition coefficient (Wildman–Crippen LogP) is 4.96. The molecule has 1 aliphatic rings.